The van der Waals surface area contributed by atoms with E-state index in [0.717, 1.165) is 11.8 Å². The van der Waals surface area contributed by atoms with Gasteiger partial charge in [0.2, 0.25) is 0 Å². The molecule has 1 aliphatic carbocycles. The Balaban J connectivity index is 0.000000273. The highest BCUT2D eigenvalue weighted by molar-refractivity contribution is 5.27. The van der Waals surface area contributed by atoms with Gasteiger partial charge in [0.25, 0.3) is 0 Å². The molecular weight excluding hydrogens is 432 g/mol. The quantitative estimate of drug-likeness (QED) is 0.344. The van der Waals surface area contributed by atoms with Crippen molar-refractivity contribution < 1.29 is 0 Å². The van der Waals surface area contributed by atoms with Crippen molar-refractivity contribution in [2.75, 3.05) is 0 Å². The fraction of sp³-hybridized carbons (Fsp3) is 0.500. The van der Waals surface area contributed by atoms with E-state index < -0.39 is 0 Å². The van der Waals surface area contributed by atoms with Gasteiger partial charge in [-0.05, 0) is 59.8 Å². The molecule has 36 heavy (non-hydrogen) atoms. The fourth-order valence-corrected chi connectivity index (χ4v) is 4.25. The summed E-state index contributed by atoms with van der Waals surface area (Å²) in [7, 11) is 0. The molecule has 0 saturated heterocycles. The summed E-state index contributed by atoms with van der Waals surface area (Å²) in [5.41, 5.74) is 5.57. The third-order valence-corrected chi connectivity index (χ3v) is 7.87. The predicted molar refractivity (Wildman–Crippen MR) is 163 cm³/mol. The van der Waals surface area contributed by atoms with Crippen LogP contribution in [0.4, 0.5) is 0 Å². The Hall–Kier alpha value is -2.34. The first-order valence-corrected chi connectivity index (χ1v) is 14.4. The van der Waals surface area contributed by atoms with Crippen LogP contribution >= 0.6 is 0 Å². The van der Waals surface area contributed by atoms with Gasteiger partial charge < -0.3 is 0 Å². The average Bonchev–Trinajstić information content (AvgIpc) is 2.93. The monoisotopic (exact) mass is 486 g/mol. The van der Waals surface area contributed by atoms with Gasteiger partial charge in [-0.1, -0.05) is 165 Å². The topological polar surface area (TPSA) is 0 Å². The van der Waals surface area contributed by atoms with E-state index in [2.05, 4.69) is 140 Å². The van der Waals surface area contributed by atoms with Crippen LogP contribution in [0.3, 0.4) is 0 Å². The summed E-state index contributed by atoms with van der Waals surface area (Å²) in [6.07, 6.45) is 8.54. The molecule has 3 aromatic rings. The molecule has 0 unspecified atom stereocenters. The van der Waals surface area contributed by atoms with Crippen LogP contribution in [0.2, 0.25) is 0 Å². The third kappa shape index (κ3) is 12.6. The van der Waals surface area contributed by atoms with Crippen molar-refractivity contribution >= 4 is 0 Å². The van der Waals surface area contributed by atoms with Crippen LogP contribution in [-0.4, -0.2) is 0 Å². The number of benzene rings is 3. The molecule has 4 atom stereocenters. The number of rotatable bonds is 4. The summed E-state index contributed by atoms with van der Waals surface area (Å²) in [5, 5.41) is 0. The van der Waals surface area contributed by atoms with E-state index in [-0.39, 0.29) is 0 Å². The van der Waals surface area contributed by atoms with Gasteiger partial charge in [0.15, 0.2) is 0 Å². The minimum atomic E-state index is 0.559. The SMILES string of the molecule is CCCC.C[C@H](c1ccccc1)[C@@H](C)c1ccccc1.C[C@H]1CCCC[C@@H]1C.Cc1ccccc1C. The zero-order valence-corrected chi connectivity index (χ0v) is 24.6. The predicted octanol–water partition coefficient (Wildman–Crippen LogP) is 11.5. The Kier molecular flexibility index (Phi) is 16.6. The van der Waals surface area contributed by atoms with Gasteiger partial charge in [-0.25, -0.2) is 0 Å². The Morgan fingerprint density at radius 2 is 0.861 bits per heavy atom. The summed E-state index contributed by atoms with van der Waals surface area (Å²) in [6, 6.07) is 29.8. The molecule has 0 amide bonds. The van der Waals surface area contributed by atoms with E-state index in [1.54, 1.807) is 0 Å². The molecular formula is C36H54. The van der Waals surface area contributed by atoms with E-state index in [1.165, 1.54) is 60.8 Å². The summed E-state index contributed by atoms with van der Waals surface area (Å²) in [5.74, 6) is 3.12. The lowest BCUT2D eigenvalue weighted by molar-refractivity contribution is 0.277. The van der Waals surface area contributed by atoms with Gasteiger partial charge in [0.1, 0.15) is 0 Å². The first kappa shape index (κ1) is 31.7. The summed E-state index contributed by atoms with van der Waals surface area (Å²) < 4.78 is 0. The van der Waals surface area contributed by atoms with E-state index in [0.29, 0.717) is 11.8 Å². The average molecular weight is 487 g/mol. The number of hydrogen-bond donors (Lipinski definition) is 0. The van der Waals surface area contributed by atoms with Crippen LogP contribution in [0.15, 0.2) is 84.9 Å². The molecule has 1 aliphatic rings. The molecule has 1 saturated carbocycles. The molecule has 0 nitrogen and oxygen atoms in total. The summed E-state index contributed by atoms with van der Waals surface area (Å²) in [6.45, 7) is 18.0. The van der Waals surface area contributed by atoms with Crippen molar-refractivity contribution in [3.05, 3.63) is 107 Å². The Labute approximate surface area is 224 Å². The fourth-order valence-electron chi connectivity index (χ4n) is 4.25. The smallest absolute Gasteiger partial charge is 0.0124 e. The normalized spacial score (nSPS) is 18.1. The van der Waals surface area contributed by atoms with Crippen molar-refractivity contribution in [1.82, 2.24) is 0 Å². The molecule has 0 bridgehead atoms. The minimum Gasteiger partial charge on any atom is -0.0654 e. The van der Waals surface area contributed by atoms with Crippen molar-refractivity contribution in [1.29, 1.82) is 0 Å². The second kappa shape index (κ2) is 18.9. The molecule has 0 radical (unpaired) electrons. The van der Waals surface area contributed by atoms with Crippen molar-refractivity contribution in [2.45, 2.75) is 106 Å². The van der Waals surface area contributed by atoms with Gasteiger partial charge >= 0.3 is 0 Å². The lowest BCUT2D eigenvalue weighted by atomic mass is 9.82. The minimum absolute atomic E-state index is 0.559. The van der Waals surface area contributed by atoms with E-state index in [1.807, 2.05) is 0 Å². The van der Waals surface area contributed by atoms with E-state index in [9.17, 15) is 0 Å². The number of unbranched alkanes of at least 4 members (excludes halogenated alkanes) is 1. The lowest BCUT2D eigenvalue weighted by Crippen LogP contribution is -2.12. The lowest BCUT2D eigenvalue weighted by Gasteiger charge is -2.24. The third-order valence-electron chi connectivity index (χ3n) is 7.87. The maximum Gasteiger partial charge on any atom is -0.0124 e. The molecule has 0 aromatic heterocycles. The molecule has 0 aliphatic heterocycles. The van der Waals surface area contributed by atoms with Gasteiger partial charge in [-0.3, -0.25) is 0 Å². The second-order valence-corrected chi connectivity index (χ2v) is 10.7. The highest BCUT2D eigenvalue weighted by Crippen LogP contribution is 2.31. The van der Waals surface area contributed by atoms with Crippen LogP contribution in [0.25, 0.3) is 0 Å². The van der Waals surface area contributed by atoms with E-state index in [4.69, 9.17) is 0 Å². The van der Waals surface area contributed by atoms with Crippen molar-refractivity contribution in [3.63, 3.8) is 0 Å². The molecule has 0 heterocycles. The zero-order chi connectivity index (χ0) is 26.8. The van der Waals surface area contributed by atoms with Crippen LogP contribution in [-0.2, 0) is 0 Å². The molecule has 0 spiro atoms. The Bertz CT molecular complexity index is 819. The Morgan fingerprint density at radius 3 is 1.11 bits per heavy atom. The maximum absolute atomic E-state index is 2.38. The first-order chi connectivity index (χ1) is 17.3. The number of aryl methyl sites for hydroxylation is 2. The van der Waals surface area contributed by atoms with Crippen molar-refractivity contribution in [2.24, 2.45) is 11.8 Å². The van der Waals surface area contributed by atoms with Gasteiger partial charge in [0.05, 0.1) is 0 Å². The van der Waals surface area contributed by atoms with Crippen LogP contribution in [0, 0.1) is 25.7 Å². The molecule has 0 heteroatoms. The Morgan fingerprint density at radius 1 is 0.556 bits per heavy atom. The largest absolute Gasteiger partial charge is 0.0654 e. The van der Waals surface area contributed by atoms with Gasteiger partial charge in [0, 0.05) is 0 Å². The zero-order valence-electron chi connectivity index (χ0n) is 24.6. The van der Waals surface area contributed by atoms with Crippen molar-refractivity contribution in [3.8, 4) is 0 Å². The summed E-state index contributed by atoms with van der Waals surface area (Å²) in [4.78, 5) is 0. The molecule has 0 N–H and O–H groups in total. The highest BCUT2D eigenvalue weighted by Gasteiger charge is 2.16. The van der Waals surface area contributed by atoms with Crippen LogP contribution < -0.4 is 0 Å². The van der Waals surface area contributed by atoms with Gasteiger partial charge in [-0.2, -0.15) is 0 Å². The second-order valence-electron chi connectivity index (χ2n) is 10.7. The van der Waals surface area contributed by atoms with Crippen LogP contribution in [0.5, 0.6) is 0 Å². The highest BCUT2D eigenvalue weighted by atomic mass is 14.2. The summed E-state index contributed by atoms with van der Waals surface area (Å²) >= 11 is 0. The molecule has 198 valence electrons. The molecule has 4 rings (SSSR count). The maximum atomic E-state index is 2.38. The van der Waals surface area contributed by atoms with Crippen LogP contribution in [0.1, 0.15) is 114 Å². The van der Waals surface area contributed by atoms with Gasteiger partial charge in [-0.15, -0.1) is 0 Å². The standard InChI is InChI=1S/C16H18.C8H16.C8H10.C4H10/c1-13(15-9-5-3-6-10-15)14(2)16-11-7-4-8-12-16;2*1-7-5-3-4-6-8(7)2;1-3-4-2/h3-14H,1-2H3;7-8H,3-6H2,1-2H3;3-6H,1-2H3;3-4H2,1-2H3/t13-,14+;7-,8-;;/m.0../s1. The van der Waals surface area contributed by atoms with E-state index >= 15 is 0 Å². The molecule has 3 aromatic carbocycles. The molecule has 1 fully saturated rings. The number of hydrogen-bond acceptors (Lipinski definition) is 0. The first-order valence-electron chi connectivity index (χ1n) is 14.4.